The smallest absolute Gasteiger partial charge is 0.316 e. The molecule has 4 nitrogen and oxygen atoms in total. The van der Waals surface area contributed by atoms with Crippen molar-refractivity contribution in [1.82, 2.24) is 0 Å². The zero-order valence-electron chi connectivity index (χ0n) is 9.82. The number of hydrogen-bond donors (Lipinski definition) is 0. The van der Waals surface area contributed by atoms with Crippen molar-refractivity contribution in [3.05, 3.63) is 0 Å². The Morgan fingerprint density at radius 3 is 2.31 bits per heavy atom. The summed E-state index contributed by atoms with van der Waals surface area (Å²) in [4.78, 5) is 34.4. The lowest BCUT2D eigenvalue weighted by Gasteiger charge is -2.24. The summed E-state index contributed by atoms with van der Waals surface area (Å²) >= 11 is 0. The van der Waals surface area contributed by atoms with Gasteiger partial charge in [0.15, 0.2) is 0 Å². The number of carbonyl (C=O) groups is 3. The van der Waals surface area contributed by atoms with Crippen molar-refractivity contribution >= 4 is 17.5 Å². The first-order chi connectivity index (χ1) is 7.56. The van der Waals surface area contributed by atoms with Crippen LogP contribution >= 0.6 is 0 Å². The Kier molecular flexibility index (Phi) is 4.65. The molecular weight excluding hydrogens is 208 g/mol. The number of carbonyl (C=O) groups excluding carboxylic acids is 3. The Labute approximate surface area is 95.3 Å². The Morgan fingerprint density at radius 2 is 1.94 bits per heavy atom. The topological polar surface area (TPSA) is 60.4 Å². The second-order valence-corrected chi connectivity index (χ2v) is 4.21. The minimum absolute atomic E-state index is 0.0127. The fraction of sp³-hybridized carbons (Fsp3) is 0.750. The highest BCUT2D eigenvalue weighted by molar-refractivity contribution is 6.01. The van der Waals surface area contributed by atoms with Crippen LogP contribution in [0.4, 0.5) is 0 Å². The van der Waals surface area contributed by atoms with Crippen LogP contribution in [0.1, 0.15) is 39.5 Å². The van der Waals surface area contributed by atoms with Crippen molar-refractivity contribution < 1.29 is 19.1 Å². The average molecular weight is 226 g/mol. The molecule has 16 heavy (non-hydrogen) atoms. The van der Waals surface area contributed by atoms with Crippen molar-refractivity contribution in [3.8, 4) is 0 Å². The molecule has 0 spiro atoms. The molecule has 1 atom stereocenters. The lowest BCUT2D eigenvalue weighted by atomic mass is 9.79. The van der Waals surface area contributed by atoms with Crippen LogP contribution in [0.5, 0.6) is 0 Å². The van der Waals surface area contributed by atoms with Crippen molar-refractivity contribution in [1.29, 1.82) is 0 Å². The molecule has 0 N–H and O–H groups in total. The SMILES string of the molecule is CCOC(=O)[C@H](CC(=O)C1CCC1)C(C)=O. The van der Waals surface area contributed by atoms with Gasteiger partial charge in [-0.3, -0.25) is 14.4 Å². The van der Waals surface area contributed by atoms with Gasteiger partial charge in [0.25, 0.3) is 0 Å². The number of esters is 1. The third kappa shape index (κ3) is 3.15. The Balaban J connectivity index is 2.53. The first-order valence-electron chi connectivity index (χ1n) is 5.76. The van der Waals surface area contributed by atoms with Gasteiger partial charge < -0.3 is 4.74 Å². The molecular formula is C12H18O4. The maximum absolute atomic E-state index is 11.7. The van der Waals surface area contributed by atoms with Gasteiger partial charge in [0, 0.05) is 12.3 Å². The van der Waals surface area contributed by atoms with Crippen LogP contribution in [0.2, 0.25) is 0 Å². The maximum atomic E-state index is 11.7. The summed E-state index contributed by atoms with van der Waals surface area (Å²) in [5.74, 6) is -1.65. The summed E-state index contributed by atoms with van der Waals surface area (Å²) < 4.78 is 4.79. The molecule has 90 valence electrons. The number of ketones is 2. The Hall–Kier alpha value is -1.19. The van der Waals surface area contributed by atoms with E-state index >= 15 is 0 Å². The van der Waals surface area contributed by atoms with Gasteiger partial charge in [-0.1, -0.05) is 6.42 Å². The molecule has 0 heterocycles. The summed E-state index contributed by atoms with van der Waals surface area (Å²) in [6.07, 6.45) is 2.87. The first kappa shape index (κ1) is 12.9. The van der Waals surface area contributed by atoms with E-state index in [2.05, 4.69) is 0 Å². The van der Waals surface area contributed by atoms with E-state index in [1.54, 1.807) is 6.92 Å². The molecule has 0 radical (unpaired) electrons. The van der Waals surface area contributed by atoms with E-state index in [-0.39, 0.29) is 30.5 Å². The van der Waals surface area contributed by atoms with Crippen molar-refractivity contribution in [2.24, 2.45) is 11.8 Å². The van der Waals surface area contributed by atoms with E-state index in [1.165, 1.54) is 6.92 Å². The molecule has 1 rings (SSSR count). The summed E-state index contributed by atoms with van der Waals surface area (Å²) in [5.41, 5.74) is 0. The monoisotopic (exact) mass is 226 g/mol. The molecule has 0 aliphatic heterocycles. The quantitative estimate of drug-likeness (QED) is 0.509. The van der Waals surface area contributed by atoms with Crippen LogP contribution in [-0.4, -0.2) is 24.1 Å². The molecule has 0 aromatic heterocycles. The van der Waals surface area contributed by atoms with Gasteiger partial charge in [-0.15, -0.1) is 0 Å². The van der Waals surface area contributed by atoms with Gasteiger partial charge in [-0.25, -0.2) is 0 Å². The largest absolute Gasteiger partial charge is 0.465 e. The fourth-order valence-electron chi connectivity index (χ4n) is 1.73. The fourth-order valence-corrected chi connectivity index (χ4v) is 1.73. The van der Waals surface area contributed by atoms with Gasteiger partial charge in [0.1, 0.15) is 17.5 Å². The highest BCUT2D eigenvalue weighted by Gasteiger charge is 2.32. The molecule has 4 heteroatoms. The van der Waals surface area contributed by atoms with Gasteiger partial charge >= 0.3 is 5.97 Å². The minimum Gasteiger partial charge on any atom is -0.465 e. The van der Waals surface area contributed by atoms with Gasteiger partial charge in [0.05, 0.1) is 6.61 Å². The Morgan fingerprint density at radius 1 is 1.31 bits per heavy atom. The molecule has 0 aromatic carbocycles. The Bertz CT molecular complexity index is 291. The molecule has 0 saturated heterocycles. The van der Waals surface area contributed by atoms with Crippen molar-refractivity contribution in [3.63, 3.8) is 0 Å². The highest BCUT2D eigenvalue weighted by atomic mass is 16.5. The number of Topliss-reactive ketones (excluding diaryl/α,β-unsaturated/α-hetero) is 2. The standard InChI is InChI=1S/C12H18O4/c1-3-16-12(15)10(8(2)13)7-11(14)9-5-4-6-9/h9-10H,3-7H2,1-2H3/t10-/m1/s1. The molecule has 0 bridgehead atoms. The molecule has 1 aliphatic rings. The summed E-state index contributed by atoms with van der Waals surface area (Å²) in [7, 11) is 0. The zero-order valence-corrected chi connectivity index (χ0v) is 9.82. The van der Waals surface area contributed by atoms with Crippen molar-refractivity contribution in [2.75, 3.05) is 6.61 Å². The molecule has 0 amide bonds. The third-order valence-electron chi connectivity index (χ3n) is 3.03. The first-order valence-corrected chi connectivity index (χ1v) is 5.76. The molecule has 1 aliphatic carbocycles. The zero-order chi connectivity index (χ0) is 12.1. The van der Waals surface area contributed by atoms with E-state index in [4.69, 9.17) is 4.74 Å². The highest BCUT2D eigenvalue weighted by Crippen LogP contribution is 2.29. The number of ether oxygens (including phenoxy) is 1. The third-order valence-corrected chi connectivity index (χ3v) is 3.03. The summed E-state index contributed by atoms with van der Waals surface area (Å²) in [6.45, 7) is 3.25. The van der Waals surface area contributed by atoms with Crippen LogP contribution < -0.4 is 0 Å². The summed E-state index contributed by atoms with van der Waals surface area (Å²) in [6, 6.07) is 0. The van der Waals surface area contributed by atoms with Crippen molar-refractivity contribution in [2.45, 2.75) is 39.5 Å². The van der Waals surface area contributed by atoms with Gasteiger partial charge in [-0.2, -0.15) is 0 Å². The van der Waals surface area contributed by atoms with E-state index in [0.29, 0.717) is 0 Å². The average Bonchev–Trinajstić information content (AvgIpc) is 2.11. The second-order valence-electron chi connectivity index (χ2n) is 4.21. The number of rotatable bonds is 6. The van der Waals surface area contributed by atoms with Crippen LogP contribution in [0.15, 0.2) is 0 Å². The van der Waals surface area contributed by atoms with E-state index in [9.17, 15) is 14.4 Å². The van der Waals surface area contributed by atoms with Crippen LogP contribution in [0.3, 0.4) is 0 Å². The van der Waals surface area contributed by atoms with Crippen LogP contribution in [0.25, 0.3) is 0 Å². The second kappa shape index (κ2) is 5.77. The van der Waals surface area contributed by atoms with E-state index in [0.717, 1.165) is 19.3 Å². The van der Waals surface area contributed by atoms with E-state index < -0.39 is 11.9 Å². The summed E-state index contributed by atoms with van der Waals surface area (Å²) in [5, 5.41) is 0. The molecule has 1 saturated carbocycles. The predicted octanol–water partition coefficient (Wildman–Crippen LogP) is 1.51. The molecule has 0 aromatic rings. The van der Waals surface area contributed by atoms with Gasteiger partial charge in [0.2, 0.25) is 0 Å². The van der Waals surface area contributed by atoms with Crippen LogP contribution in [0, 0.1) is 11.8 Å². The predicted molar refractivity (Wildman–Crippen MR) is 57.8 cm³/mol. The maximum Gasteiger partial charge on any atom is 0.316 e. The minimum atomic E-state index is -0.895. The van der Waals surface area contributed by atoms with Gasteiger partial charge in [-0.05, 0) is 26.7 Å². The van der Waals surface area contributed by atoms with Crippen LogP contribution in [-0.2, 0) is 19.1 Å². The molecule has 0 unspecified atom stereocenters. The normalized spacial score (nSPS) is 17.4. The lowest BCUT2D eigenvalue weighted by Crippen LogP contribution is -2.31. The van der Waals surface area contributed by atoms with E-state index in [1.807, 2.05) is 0 Å². The lowest BCUT2D eigenvalue weighted by molar-refractivity contribution is -0.153. The molecule has 1 fully saturated rings. The number of hydrogen-bond acceptors (Lipinski definition) is 4.